The van der Waals surface area contributed by atoms with Gasteiger partial charge in [-0.05, 0) is 38.8 Å². The number of pyridine rings is 1. The standard InChI is InChI=1S/C17H20N4O/c1-5-13-12(7-8-14(20-13)22-6-2)16-11(4)19-17-15(21-16)10(3)9-18-17/h7-9H,5-6H2,1-4H3,(H,18,19). The lowest BCUT2D eigenvalue weighted by Crippen LogP contribution is -2.01. The molecule has 3 aromatic heterocycles. The van der Waals surface area contributed by atoms with Crippen LogP contribution < -0.4 is 4.74 Å². The summed E-state index contributed by atoms with van der Waals surface area (Å²) in [5, 5.41) is 0. The molecule has 0 radical (unpaired) electrons. The second kappa shape index (κ2) is 5.75. The van der Waals surface area contributed by atoms with Crippen molar-refractivity contribution in [3.05, 3.63) is 35.3 Å². The molecule has 0 aliphatic heterocycles. The molecular formula is C17H20N4O. The van der Waals surface area contributed by atoms with Crippen molar-refractivity contribution in [1.82, 2.24) is 19.9 Å². The van der Waals surface area contributed by atoms with Crippen LogP contribution in [0.1, 0.15) is 30.8 Å². The topological polar surface area (TPSA) is 63.7 Å². The van der Waals surface area contributed by atoms with Gasteiger partial charge in [0.25, 0.3) is 0 Å². The lowest BCUT2D eigenvalue weighted by Gasteiger charge is -2.11. The highest BCUT2D eigenvalue weighted by molar-refractivity contribution is 5.79. The monoisotopic (exact) mass is 296 g/mol. The predicted octanol–water partition coefficient (Wildman–Crippen LogP) is 3.60. The van der Waals surface area contributed by atoms with Crippen LogP contribution in [0.15, 0.2) is 18.3 Å². The molecule has 22 heavy (non-hydrogen) atoms. The molecule has 0 fully saturated rings. The summed E-state index contributed by atoms with van der Waals surface area (Å²) in [5.74, 6) is 0.660. The van der Waals surface area contributed by atoms with Gasteiger partial charge in [-0.15, -0.1) is 0 Å². The molecule has 3 heterocycles. The van der Waals surface area contributed by atoms with E-state index in [1.165, 1.54) is 0 Å². The highest BCUT2D eigenvalue weighted by Crippen LogP contribution is 2.28. The molecule has 0 spiro atoms. The molecule has 0 atom stereocenters. The van der Waals surface area contributed by atoms with Crippen LogP contribution in [0.3, 0.4) is 0 Å². The van der Waals surface area contributed by atoms with E-state index in [1.54, 1.807) is 0 Å². The van der Waals surface area contributed by atoms with Crippen molar-refractivity contribution in [3.63, 3.8) is 0 Å². The summed E-state index contributed by atoms with van der Waals surface area (Å²) >= 11 is 0. The number of hydrogen-bond donors (Lipinski definition) is 1. The summed E-state index contributed by atoms with van der Waals surface area (Å²) in [4.78, 5) is 17.2. The van der Waals surface area contributed by atoms with Crippen LogP contribution in [-0.4, -0.2) is 26.5 Å². The minimum Gasteiger partial charge on any atom is -0.478 e. The normalized spacial score (nSPS) is 11.1. The van der Waals surface area contributed by atoms with E-state index in [2.05, 4.69) is 21.9 Å². The molecule has 0 aliphatic rings. The summed E-state index contributed by atoms with van der Waals surface area (Å²) in [6.07, 6.45) is 2.76. The van der Waals surface area contributed by atoms with E-state index in [0.717, 1.165) is 45.8 Å². The SMILES string of the molecule is CCOc1ccc(-c2nc3c(C)c[nH]c3nc2C)c(CC)n1. The molecule has 0 saturated heterocycles. The number of fused-ring (bicyclic) bond motifs is 1. The second-order valence-corrected chi connectivity index (χ2v) is 5.26. The molecule has 5 nitrogen and oxygen atoms in total. The van der Waals surface area contributed by atoms with E-state index < -0.39 is 0 Å². The van der Waals surface area contributed by atoms with Crippen molar-refractivity contribution in [1.29, 1.82) is 0 Å². The third kappa shape index (κ3) is 2.43. The molecule has 0 unspecified atom stereocenters. The summed E-state index contributed by atoms with van der Waals surface area (Å²) in [7, 11) is 0. The number of aromatic amines is 1. The highest BCUT2D eigenvalue weighted by atomic mass is 16.5. The summed E-state index contributed by atoms with van der Waals surface area (Å²) in [6.45, 7) is 8.67. The number of H-pyrrole nitrogens is 1. The Morgan fingerprint density at radius 3 is 2.64 bits per heavy atom. The van der Waals surface area contributed by atoms with Gasteiger partial charge in [-0.25, -0.2) is 15.0 Å². The van der Waals surface area contributed by atoms with Gasteiger partial charge in [0.1, 0.15) is 5.52 Å². The second-order valence-electron chi connectivity index (χ2n) is 5.26. The average Bonchev–Trinajstić information content (AvgIpc) is 2.87. The molecule has 0 saturated carbocycles. The summed E-state index contributed by atoms with van der Waals surface area (Å²) in [6, 6.07) is 3.93. The Bertz CT molecular complexity index is 823. The molecule has 0 aliphatic carbocycles. The number of ether oxygens (including phenoxy) is 1. The van der Waals surface area contributed by atoms with E-state index in [0.29, 0.717) is 12.5 Å². The van der Waals surface area contributed by atoms with Gasteiger partial charge in [-0.3, -0.25) is 0 Å². The number of rotatable bonds is 4. The van der Waals surface area contributed by atoms with Crippen LogP contribution in [0.2, 0.25) is 0 Å². The Morgan fingerprint density at radius 2 is 1.91 bits per heavy atom. The Labute approximate surface area is 129 Å². The fourth-order valence-electron chi connectivity index (χ4n) is 2.59. The number of nitrogens with one attached hydrogen (secondary N) is 1. The molecule has 5 heteroatoms. The first-order valence-corrected chi connectivity index (χ1v) is 7.59. The molecule has 1 N–H and O–H groups in total. The van der Waals surface area contributed by atoms with Gasteiger partial charge in [0, 0.05) is 17.8 Å². The first-order valence-electron chi connectivity index (χ1n) is 7.59. The van der Waals surface area contributed by atoms with Crippen LogP contribution in [0.25, 0.3) is 22.4 Å². The Balaban J connectivity index is 2.17. The van der Waals surface area contributed by atoms with E-state index in [9.17, 15) is 0 Å². The Hall–Kier alpha value is -2.43. The van der Waals surface area contributed by atoms with E-state index in [-0.39, 0.29) is 0 Å². The molecule has 0 bridgehead atoms. The molecule has 3 rings (SSSR count). The van der Waals surface area contributed by atoms with Crippen molar-refractivity contribution >= 4 is 11.2 Å². The van der Waals surface area contributed by atoms with Gasteiger partial charge in [0.15, 0.2) is 5.65 Å². The first-order chi connectivity index (χ1) is 10.6. The smallest absolute Gasteiger partial charge is 0.213 e. The fourth-order valence-corrected chi connectivity index (χ4v) is 2.59. The van der Waals surface area contributed by atoms with Crippen molar-refractivity contribution in [2.24, 2.45) is 0 Å². The number of aryl methyl sites for hydroxylation is 3. The third-order valence-electron chi connectivity index (χ3n) is 3.70. The van der Waals surface area contributed by atoms with Gasteiger partial charge in [0.05, 0.1) is 23.7 Å². The maximum atomic E-state index is 5.49. The minimum absolute atomic E-state index is 0.614. The zero-order chi connectivity index (χ0) is 15.7. The van der Waals surface area contributed by atoms with Crippen LogP contribution >= 0.6 is 0 Å². The molecular weight excluding hydrogens is 276 g/mol. The van der Waals surface area contributed by atoms with Gasteiger partial charge in [0.2, 0.25) is 5.88 Å². The summed E-state index contributed by atoms with van der Waals surface area (Å²) in [5.41, 5.74) is 6.64. The van der Waals surface area contributed by atoms with Crippen LogP contribution in [0.5, 0.6) is 5.88 Å². The van der Waals surface area contributed by atoms with Crippen molar-refractivity contribution < 1.29 is 4.74 Å². The molecule has 0 amide bonds. The molecule has 114 valence electrons. The van der Waals surface area contributed by atoms with Crippen LogP contribution in [-0.2, 0) is 6.42 Å². The van der Waals surface area contributed by atoms with E-state index in [1.807, 2.05) is 39.1 Å². The van der Waals surface area contributed by atoms with Crippen LogP contribution in [0.4, 0.5) is 0 Å². The Morgan fingerprint density at radius 1 is 1.09 bits per heavy atom. The zero-order valence-electron chi connectivity index (χ0n) is 13.4. The van der Waals surface area contributed by atoms with Crippen LogP contribution in [0, 0.1) is 13.8 Å². The lowest BCUT2D eigenvalue weighted by molar-refractivity contribution is 0.326. The first kappa shape index (κ1) is 14.5. The number of hydrogen-bond acceptors (Lipinski definition) is 4. The maximum absolute atomic E-state index is 5.49. The largest absolute Gasteiger partial charge is 0.478 e. The lowest BCUT2D eigenvalue weighted by atomic mass is 10.1. The maximum Gasteiger partial charge on any atom is 0.213 e. The van der Waals surface area contributed by atoms with Crippen molar-refractivity contribution in [2.75, 3.05) is 6.61 Å². The quantitative estimate of drug-likeness (QED) is 0.799. The van der Waals surface area contributed by atoms with Crippen molar-refractivity contribution in [2.45, 2.75) is 34.1 Å². The highest BCUT2D eigenvalue weighted by Gasteiger charge is 2.14. The van der Waals surface area contributed by atoms with E-state index in [4.69, 9.17) is 9.72 Å². The van der Waals surface area contributed by atoms with Gasteiger partial charge in [-0.1, -0.05) is 6.92 Å². The van der Waals surface area contributed by atoms with Gasteiger partial charge >= 0.3 is 0 Å². The van der Waals surface area contributed by atoms with Gasteiger partial charge in [-0.2, -0.15) is 0 Å². The minimum atomic E-state index is 0.614. The summed E-state index contributed by atoms with van der Waals surface area (Å²) < 4.78 is 5.49. The Kier molecular flexibility index (Phi) is 3.79. The van der Waals surface area contributed by atoms with E-state index >= 15 is 0 Å². The average molecular weight is 296 g/mol. The fraction of sp³-hybridized carbons (Fsp3) is 0.353. The predicted molar refractivity (Wildman–Crippen MR) is 87.1 cm³/mol. The number of aromatic nitrogens is 4. The molecule has 0 aromatic carbocycles. The third-order valence-corrected chi connectivity index (χ3v) is 3.70. The zero-order valence-corrected chi connectivity index (χ0v) is 13.4. The van der Waals surface area contributed by atoms with Gasteiger partial charge < -0.3 is 9.72 Å². The molecule has 3 aromatic rings. The number of nitrogens with zero attached hydrogens (tertiary/aromatic N) is 3. The van der Waals surface area contributed by atoms with Crippen molar-refractivity contribution in [3.8, 4) is 17.1 Å².